The average Bonchev–Trinajstić information content (AvgIpc) is 2.27. The standard InChI is InChI=1S/C13H16N2O/c1-4-11(5-2)15-13-8-6-12(7-9-13)14-10(3)16/h1,6-9,11,15H,5H2,2-3H3,(H,14,16). The van der Waals surface area contributed by atoms with Crippen molar-refractivity contribution in [2.45, 2.75) is 26.3 Å². The lowest BCUT2D eigenvalue weighted by molar-refractivity contribution is -0.114. The molecular formula is C13H16N2O. The van der Waals surface area contributed by atoms with E-state index in [1.54, 1.807) is 0 Å². The number of carbonyl (C=O) groups excluding carboxylic acids is 1. The first-order valence-electron chi connectivity index (χ1n) is 5.26. The molecule has 0 fully saturated rings. The molecule has 1 unspecified atom stereocenters. The number of hydrogen-bond acceptors (Lipinski definition) is 2. The van der Waals surface area contributed by atoms with Crippen molar-refractivity contribution in [1.82, 2.24) is 0 Å². The zero-order valence-electron chi connectivity index (χ0n) is 9.58. The Kier molecular flexibility index (Phi) is 4.41. The van der Waals surface area contributed by atoms with Gasteiger partial charge >= 0.3 is 0 Å². The number of carbonyl (C=O) groups is 1. The second-order valence-electron chi connectivity index (χ2n) is 3.53. The Morgan fingerprint density at radius 3 is 2.38 bits per heavy atom. The van der Waals surface area contributed by atoms with E-state index in [-0.39, 0.29) is 11.9 Å². The van der Waals surface area contributed by atoms with Crippen molar-refractivity contribution >= 4 is 17.3 Å². The first kappa shape index (κ1) is 12.1. The maximum Gasteiger partial charge on any atom is 0.221 e. The van der Waals surface area contributed by atoms with Gasteiger partial charge in [-0.05, 0) is 30.7 Å². The van der Waals surface area contributed by atoms with Crippen LogP contribution in [0.15, 0.2) is 24.3 Å². The van der Waals surface area contributed by atoms with Crippen molar-refractivity contribution < 1.29 is 4.79 Å². The third kappa shape index (κ3) is 3.66. The lowest BCUT2D eigenvalue weighted by atomic mass is 10.2. The molecular weight excluding hydrogens is 200 g/mol. The zero-order chi connectivity index (χ0) is 12.0. The molecule has 0 spiro atoms. The molecule has 0 saturated carbocycles. The maximum absolute atomic E-state index is 10.8. The molecule has 0 aliphatic rings. The van der Waals surface area contributed by atoms with Crippen LogP contribution in [0.4, 0.5) is 11.4 Å². The van der Waals surface area contributed by atoms with E-state index in [1.165, 1.54) is 6.92 Å². The summed E-state index contributed by atoms with van der Waals surface area (Å²) in [5.74, 6) is 2.59. The second kappa shape index (κ2) is 5.82. The van der Waals surface area contributed by atoms with E-state index in [0.29, 0.717) is 0 Å². The summed E-state index contributed by atoms with van der Waals surface area (Å²) in [6.45, 7) is 3.51. The number of amides is 1. The van der Waals surface area contributed by atoms with Gasteiger partial charge in [-0.15, -0.1) is 6.42 Å². The summed E-state index contributed by atoms with van der Waals surface area (Å²) < 4.78 is 0. The molecule has 2 N–H and O–H groups in total. The van der Waals surface area contributed by atoms with Crippen molar-refractivity contribution in [2.24, 2.45) is 0 Å². The van der Waals surface area contributed by atoms with E-state index in [4.69, 9.17) is 6.42 Å². The minimum atomic E-state index is -0.0734. The molecule has 1 rings (SSSR count). The SMILES string of the molecule is C#CC(CC)Nc1ccc(NC(C)=O)cc1. The van der Waals surface area contributed by atoms with Crippen LogP contribution in [0.1, 0.15) is 20.3 Å². The van der Waals surface area contributed by atoms with E-state index >= 15 is 0 Å². The Labute approximate surface area is 96.2 Å². The molecule has 0 saturated heterocycles. The van der Waals surface area contributed by atoms with Crippen molar-refractivity contribution in [2.75, 3.05) is 10.6 Å². The topological polar surface area (TPSA) is 41.1 Å². The predicted octanol–water partition coefficient (Wildman–Crippen LogP) is 2.47. The molecule has 3 heteroatoms. The van der Waals surface area contributed by atoms with E-state index in [1.807, 2.05) is 31.2 Å². The van der Waals surface area contributed by atoms with Crippen LogP contribution in [0.25, 0.3) is 0 Å². The van der Waals surface area contributed by atoms with Gasteiger partial charge in [-0.25, -0.2) is 0 Å². The van der Waals surface area contributed by atoms with Gasteiger partial charge < -0.3 is 10.6 Å². The number of anilines is 2. The monoisotopic (exact) mass is 216 g/mol. The van der Waals surface area contributed by atoms with E-state index in [9.17, 15) is 4.79 Å². The molecule has 0 heterocycles. The number of terminal acetylenes is 1. The van der Waals surface area contributed by atoms with Gasteiger partial charge in [0.2, 0.25) is 5.91 Å². The molecule has 0 aliphatic heterocycles. The van der Waals surface area contributed by atoms with Crippen molar-refractivity contribution in [3.8, 4) is 12.3 Å². The number of rotatable bonds is 4. The highest BCUT2D eigenvalue weighted by molar-refractivity contribution is 5.88. The van der Waals surface area contributed by atoms with Crippen LogP contribution in [-0.4, -0.2) is 11.9 Å². The Bertz CT molecular complexity index is 389. The van der Waals surface area contributed by atoms with Crippen LogP contribution in [-0.2, 0) is 4.79 Å². The van der Waals surface area contributed by atoms with Crippen LogP contribution >= 0.6 is 0 Å². The summed E-state index contributed by atoms with van der Waals surface area (Å²) in [6.07, 6.45) is 6.24. The Balaban J connectivity index is 2.64. The van der Waals surface area contributed by atoms with Gasteiger partial charge in [0, 0.05) is 18.3 Å². The van der Waals surface area contributed by atoms with Gasteiger partial charge in [-0.1, -0.05) is 12.8 Å². The van der Waals surface area contributed by atoms with Gasteiger partial charge in [0.15, 0.2) is 0 Å². The van der Waals surface area contributed by atoms with E-state index in [2.05, 4.69) is 16.6 Å². The van der Waals surface area contributed by atoms with Crippen LogP contribution in [0.3, 0.4) is 0 Å². The highest BCUT2D eigenvalue weighted by Gasteiger charge is 2.01. The molecule has 84 valence electrons. The average molecular weight is 216 g/mol. The lowest BCUT2D eigenvalue weighted by Crippen LogP contribution is -2.15. The van der Waals surface area contributed by atoms with Crippen LogP contribution in [0.2, 0.25) is 0 Å². The smallest absolute Gasteiger partial charge is 0.221 e. The fraction of sp³-hybridized carbons (Fsp3) is 0.308. The maximum atomic E-state index is 10.8. The zero-order valence-corrected chi connectivity index (χ0v) is 9.58. The highest BCUT2D eigenvalue weighted by atomic mass is 16.1. The quantitative estimate of drug-likeness (QED) is 0.759. The van der Waals surface area contributed by atoms with Crippen LogP contribution in [0.5, 0.6) is 0 Å². The molecule has 16 heavy (non-hydrogen) atoms. The van der Waals surface area contributed by atoms with Gasteiger partial charge in [-0.2, -0.15) is 0 Å². The Morgan fingerprint density at radius 2 is 1.94 bits per heavy atom. The van der Waals surface area contributed by atoms with Gasteiger partial charge in [0.25, 0.3) is 0 Å². The minimum absolute atomic E-state index is 0.0478. The molecule has 0 aromatic heterocycles. The predicted molar refractivity (Wildman–Crippen MR) is 67.3 cm³/mol. The Hall–Kier alpha value is -1.95. The summed E-state index contributed by atoms with van der Waals surface area (Å²) in [4.78, 5) is 10.8. The lowest BCUT2D eigenvalue weighted by Gasteiger charge is -2.12. The molecule has 3 nitrogen and oxygen atoms in total. The van der Waals surface area contributed by atoms with Gasteiger partial charge in [0.05, 0.1) is 6.04 Å². The van der Waals surface area contributed by atoms with Crippen LogP contribution in [0, 0.1) is 12.3 Å². The first-order valence-corrected chi connectivity index (χ1v) is 5.26. The normalized spacial score (nSPS) is 11.3. The van der Waals surface area contributed by atoms with Gasteiger partial charge in [0.1, 0.15) is 0 Å². The van der Waals surface area contributed by atoms with E-state index in [0.717, 1.165) is 17.8 Å². The summed E-state index contributed by atoms with van der Waals surface area (Å²) in [5, 5.41) is 5.92. The molecule has 0 bridgehead atoms. The summed E-state index contributed by atoms with van der Waals surface area (Å²) in [6, 6.07) is 7.52. The van der Waals surface area contributed by atoms with Crippen LogP contribution < -0.4 is 10.6 Å². The third-order valence-electron chi connectivity index (χ3n) is 2.16. The molecule has 1 aromatic carbocycles. The second-order valence-corrected chi connectivity index (χ2v) is 3.53. The van der Waals surface area contributed by atoms with E-state index < -0.39 is 0 Å². The third-order valence-corrected chi connectivity index (χ3v) is 2.16. The van der Waals surface area contributed by atoms with Crippen molar-refractivity contribution in [3.63, 3.8) is 0 Å². The Morgan fingerprint density at radius 1 is 1.38 bits per heavy atom. The van der Waals surface area contributed by atoms with Crippen molar-refractivity contribution in [1.29, 1.82) is 0 Å². The fourth-order valence-corrected chi connectivity index (χ4v) is 1.32. The summed E-state index contributed by atoms with van der Waals surface area (Å²) in [7, 11) is 0. The number of hydrogen-bond donors (Lipinski definition) is 2. The van der Waals surface area contributed by atoms with Gasteiger partial charge in [-0.3, -0.25) is 4.79 Å². The number of benzene rings is 1. The largest absolute Gasteiger partial charge is 0.372 e. The molecule has 0 aliphatic carbocycles. The molecule has 1 atom stereocenters. The highest BCUT2D eigenvalue weighted by Crippen LogP contribution is 2.14. The van der Waals surface area contributed by atoms with Crippen molar-refractivity contribution in [3.05, 3.63) is 24.3 Å². The number of nitrogens with one attached hydrogen (secondary N) is 2. The fourth-order valence-electron chi connectivity index (χ4n) is 1.32. The molecule has 1 aromatic rings. The summed E-state index contributed by atoms with van der Waals surface area (Å²) >= 11 is 0. The molecule has 0 radical (unpaired) electrons. The summed E-state index contributed by atoms with van der Waals surface area (Å²) in [5.41, 5.74) is 1.74. The molecule has 1 amide bonds. The minimum Gasteiger partial charge on any atom is -0.372 e. The first-order chi connectivity index (χ1) is 7.65.